The van der Waals surface area contributed by atoms with Crippen molar-refractivity contribution in [3.63, 3.8) is 0 Å². The second-order valence-electron chi connectivity index (χ2n) is 4.73. The fourth-order valence-corrected chi connectivity index (χ4v) is 1.83. The Bertz CT molecular complexity index is 633. The van der Waals surface area contributed by atoms with Crippen LogP contribution in [0.1, 0.15) is 13.3 Å². The highest BCUT2D eigenvalue weighted by atomic mass is 35.5. The summed E-state index contributed by atoms with van der Waals surface area (Å²) in [6.07, 6.45) is 0.938. The monoisotopic (exact) mass is 309 g/mol. The first-order valence-electron chi connectivity index (χ1n) is 6.64. The highest BCUT2D eigenvalue weighted by Crippen LogP contribution is 2.24. The molecular weight excluding hydrogens is 293 g/mol. The molecule has 2 aromatic rings. The lowest BCUT2D eigenvalue weighted by molar-refractivity contribution is 0.630. The van der Waals surface area contributed by atoms with E-state index in [-0.39, 0.29) is 5.82 Å². The number of nitrogens with one attached hydrogen (secondary N) is 1. The fourth-order valence-electron chi connectivity index (χ4n) is 1.67. The van der Waals surface area contributed by atoms with Crippen LogP contribution < -0.4 is 10.2 Å². The topological polar surface area (TPSA) is 53.9 Å². The van der Waals surface area contributed by atoms with Gasteiger partial charge in [0.2, 0.25) is 11.9 Å². The van der Waals surface area contributed by atoms with Crippen LogP contribution in [0.15, 0.2) is 18.2 Å². The molecule has 21 heavy (non-hydrogen) atoms. The molecule has 0 atom stereocenters. The summed E-state index contributed by atoms with van der Waals surface area (Å²) in [5.74, 6) is 0.717. The Morgan fingerprint density at radius 2 is 2.00 bits per heavy atom. The average Bonchev–Trinajstić information content (AvgIpc) is 2.44. The van der Waals surface area contributed by atoms with Crippen LogP contribution >= 0.6 is 11.6 Å². The summed E-state index contributed by atoms with van der Waals surface area (Å²) in [4.78, 5) is 14.6. The van der Waals surface area contributed by atoms with Crippen LogP contribution in [0.2, 0.25) is 5.02 Å². The first kappa shape index (κ1) is 15.4. The number of aromatic nitrogens is 3. The molecule has 0 amide bonds. The molecule has 0 aliphatic carbocycles. The molecule has 1 N–H and O–H groups in total. The van der Waals surface area contributed by atoms with Crippen LogP contribution in [0.4, 0.5) is 16.3 Å². The molecule has 0 radical (unpaired) electrons. The first-order valence-corrected chi connectivity index (χ1v) is 7.01. The Balaban J connectivity index is 2.48. The minimum Gasteiger partial charge on any atom is -0.354 e. The number of benzene rings is 1. The summed E-state index contributed by atoms with van der Waals surface area (Å²) in [6, 6.07) is 4.42. The van der Waals surface area contributed by atoms with Gasteiger partial charge in [0.1, 0.15) is 5.82 Å². The van der Waals surface area contributed by atoms with Crippen molar-refractivity contribution in [3.8, 4) is 11.4 Å². The summed E-state index contributed by atoms with van der Waals surface area (Å²) >= 11 is 5.77. The van der Waals surface area contributed by atoms with Crippen LogP contribution in [-0.4, -0.2) is 35.6 Å². The van der Waals surface area contributed by atoms with Crippen molar-refractivity contribution >= 4 is 23.5 Å². The van der Waals surface area contributed by atoms with Crippen LogP contribution in [0, 0.1) is 5.82 Å². The van der Waals surface area contributed by atoms with Gasteiger partial charge in [-0.15, -0.1) is 0 Å². The van der Waals surface area contributed by atoms with Gasteiger partial charge in [-0.2, -0.15) is 15.0 Å². The van der Waals surface area contributed by atoms with Gasteiger partial charge < -0.3 is 10.2 Å². The summed E-state index contributed by atoms with van der Waals surface area (Å²) in [5.41, 5.74) is 0.296. The Kier molecular flexibility index (Phi) is 4.90. The van der Waals surface area contributed by atoms with E-state index in [4.69, 9.17) is 11.6 Å². The summed E-state index contributed by atoms with van der Waals surface area (Å²) in [6.45, 7) is 2.78. The molecule has 0 saturated carbocycles. The van der Waals surface area contributed by atoms with Crippen molar-refractivity contribution in [1.29, 1.82) is 0 Å². The van der Waals surface area contributed by atoms with Crippen LogP contribution in [0.5, 0.6) is 0 Å². The van der Waals surface area contributed by atoms with Crippen molar-refractivity contribution in [1.82, 2.24) is 15.0 Å². The van der Waals surface area contributed by atoms with E-state index in [1.54, 1.807) is 17.0 Å². The van der Waals surface area contributed by atoms with Crippen molar-refractivity contribution in [2.75, 3.05) is 30.9 Å². The van der Waals surface area contributed by atoms with E-state index in [0.29, 0.717) is 22.5 Å². The Morgan fingerprint density at radius 1 is 1.24 bits per heavy atom. The molecule has 0 spiro atoms. The maximum absolute atomic E-state index is 14.0. The summed E-state index contributed by atoms with van der Waals surface area (Å²) < 4.78 is 14.0. The molecule has 5 nitrogen and oxygen atoms in total. The van der Waals surface area contributed by atoms with E-state index in [1.807, 2.05) is 21.0 Å². The third kappa shape index (κ3) is 3.78. The van der Waals surface area contributed by atoms with Crippen molar-refractivity contribution in [3.05, 3.63) is 29.0 Å². The normalized spacial score (nSPS) is 10.5. The molecule has 0 unspecified atom stereocenters. The second-order valence-corrected chi connectivity index (χ2v) is 5.16. The third-order valence-electron chi connectivity index (χ3n) is 2.73. The van der Waals surface area contributed by atoms with Crippen molar-refractivity contribution in [2.45, 2.75) is 13.3 Å². The van der Waals surface area contributed by atoms with E-state index in [0.717, 1.165) is 13.0 Å². The molecule has 0 fully saturated rings. The standard InChI is InChI=1S/C14H17ClFN5/c1-4-7-17-13-18-12(19-14(20-13)21(2)3)10-6-5-9(15)8-11(10)16/h5-6,8H,4,7H2,1-3H3,(H,17,18,19,20). The molecule has 1 aromatic carbocycles. The first-order chi connectivity index (χ1) is 10.0. The zero-order chi connectivity index (χ0) is 15.4. The largest absolute Gasteiger partial charge is 0.354 e. The predicted molar refractivity (Wildman–Crippen MR) is 83.3 cm³/mol. The molecule has 0 bridgehead atoms. The number of hydrogen-bond donors (Lipinski definition) is 1. The zero-order valence-corrected chi connectivity index (χ0v) is 12.9. The highest BCUT2D eigenvalue weighted by molar-refractivity contribution is 6.30. The quantitative estimate of drug-likeness (QED) is 0.919. The lowest BCUT2D eigenvalue weighted by atomic mass is 10.2. The maximum atomic E-state index is 14.0. The lowest BCUT2D eigenvalue weighted by Gasteiger charge is -2.13. The van der Waals surface area contributed by atoms with E-state index in [2.05, 4.69) is 20.3 Å². The molecule has 0 aliphatic heterocycles. The predicted octanol–water partition coefficient (Wildman–Crippen LogP) is 3.22. The van der Waals surface area contributed by atoms with Gasteiger partial charge in [-0.3, -0.25) is 0 Å². The zero-order valence-electron chi connectivity index (χ0n) is 12.2. The molecular formula is C14H17ClFN5. The molecule has 1 aromatic heterocycles. The second kappa shape index (κ2) is 6.67. The average molecular weight is 310 g/mol. The van der Waals surface area contributed by atoms with Crippen molar-refractivity contribution < 1.29 is 4.39 Å². The van der Waals surface area contributed by atoms with Crippen molar-refractivity contribution in [2.24, 2.45) is 0 Å². The Morgan fingerprint density at radius 3 is 2.62 bits per heavy atom. The van der Waals surface area contributed by atoms with Gasteiger partial charge in [0.15, 0.2) is 5.82 Å². The maximum Gasteiger partial charge on any atom is 0.230 e. The van der Waals surface area contributed by atoms with Gasteiger partial charge in [-0.05, 0) is 24.6 Å². The fraction of sp³-hybridized carbons (Fsp3) is 0.357. The van der Waals surface area contributed by atoms with Crippen LogP contribution in [0.25, 0.3) is 11.4 Å². The number of nitrogens with zero attached hydrogens (tertiary/aromatic N) is 4. The van der Waals surface area contributed by atoms with Gasteiger partial charge in [-0.1, -0.05) is 18.5 Å². The van der Waals surface area contributed by atoms with E-state index < -0.39 is 5.82 Å². The number of halogens is 2. The highest BCUT2D eigenvalue weighted by Gasteiger charge is 2.13. The van der Waals surface area contributed by atoms with Gasteiger partial charge in [0, 0.05) is 25.7 Å². The molecule has 7 heteroatoms. The minimum atomic E-state index is -0.458. The Labute approximate surface area is 128 Å². The van der Waals surface area contributed by atoms with Gasteiger partial charge in [-0.25, -0.2) is 4.39 Å². The van der Waals surface area contributed by atoms with Crippen LogP contribution in [-0.2, 0) is 0 Å². The molecule has 112 valence electrons. The summed E-state index contributed by atoms with van der Waals surface area (Å²) in [7, 11) is 3.64. The molecule has 0 saturated heterocycles. The summed E-state index contributed by atoms with van der Waals surface area (Å²) in [5, 5.41) is 3.43. The molecule has 0 aliphatic rings. The van der Waals surface area contributed by atoms with Crippen LogP contribution in [0.3, 0.4) is 0 Å². The number of hydrogen-bond acceptors (Lipinski definition) is 5. The number of rotatable bonds is 5. The van der Waals surface area contributed by atoms with E-state index in [1.165, 1.54) is 6.07 Å². The van der Waals surface area contributed by atoms with Gasteiger partial charge in [0.25, 0.3) is 0 Å². The smallest absolute Gasteiger partial charge is 0.230 e. The Hall–Kier alpha value is -1.95. The number of anilines is 2. The van der Waals surface area contributed by atoms with E-state index in [9.17, 15) is 4.39 Å². The molecule has 1 heterocycles. The minimum absolute atomic E-state index is 0.279. The van der Waals surface area contributed by atoms with Gasteiger partial charge in [0.05, 0.1) is 5.56 Å². The molecule has 2 rings (SSSR count). The van der Waals surface area contributed by atoms with E-state index >= 15 is 0 Å². The lowest BCUT2D eigenvalue weighted by Crippen LogP contribution is -2.16. The third-order valence-corrected chi connectivity index (χ3v) is 2.96. The van der Waals surface area contributed by atoms with Gasteiger partial charge >= 0.3 is 0 Å². The SMILES string of the molecule is CCCNc1nc(-c2ccc(Cl)cc2F)nc(N(C)C)n1.